The highest BCUT2D eigenvalue weighted by Gasteiger charge is 2.48. The van der Waals surface area contributed by atoms with Gasteiger partial charge in [-0.2, -0.15) is 5.10 Å². The molecule has 3 heterocycles. The normalized spacial score (nSPS) is 29.4. The first kappa shape index (κ1) is 16.5. The fourth-order valence-electron chi connectivity index (χ4n) is 4.17. The molecule has 2 fully saturated rings. The lowest BCUT2D eigenvalue weighted by Gasteiger charge is -2.43. The van der Waals surface area contributed by atoms with Crippen molar-refractivity contribution < 1.29 is 4.79 Å². The summed E-state index contributed by atoms with van der Waals surface area (Å²) in [6.07, 6.45) is 5.91. The van der Waals surface area contributed by atoms with Crippen molar-refractivity contribution in [3.63, 3.8) is 0 Å². The number of amides is 1. The van der Waals surface area contributed by atoms with Crippen molar-refractivity contribution >= 4 is 5.91 Å². The molecule has 0 unspecified atom stereocenters. The number of nitrogens with one attached hydrogen (secondary N) is 1. The Morgan fingerprint density at radius 2 is 2.13 bits per heavy atom. The Balaban J connectivity index is 1.83. The molecule has 1 amide bonds. The minimum absolute atomic E-state index is 0.0934. The Kier molecular flexibility index (Phi) is 4.50. The van der Waals surface area contributed by atoms with E-state index in [-0.39, 0.29) is 11.4 Å². The maximum absolute atomic E-state index is 13.0. The van der Waals surface area contributed by atoms with Crippen LogP contribution in [0.4, 0.5) is 0 Å². The van der Waals surface area contributed by atoms with Gasteiger partial charge in [-0.05, 0) is 51.8 Å². The van der Waals surface area contributed by atoms with Crippen LogP contribution in [-0.2, 0) is 0 Å². The fraction of sp³-hybridized carbons (Fsp3) is 0.778. The standard InChI is InChI=1S/C18H30N4O/c1-13(2)14-12-15(20-19-14)17(23)22-11-9-18(3)16(22)8-6-5-7-10-21(18)4/h12-13,16H,5-11H2,1-4H3,(H,19,20)/t16-,18-/m0/s1. The van der Waals surface area contributed by atoms with Crippen molar-refractivity contribution in [3.8, 4) is 0 Å². The number of nitrogens with zero attached hydrogens (tertiary/aromatic N) is 3. The van der Waals surface area contributed by atoms with Gasteiger partial charge in [-0.3, -0.25) is 14.8 Å². The molecule has 0 radical (unpaired) electrons. The van der Waals surface area contributed by atoms with Gasteiger partial charge in [0.15, 0.2) is 0 Å². The number of fused-ring (bicyclic) bond motifs is 1. The topological polar surface area (TPSA) is 52.2 Å². The number of hydrogen-bond acceptors (Lipinski definition) is 3. The second-order valence-corrected chi connectivity index (χ2v) is 7.76. The molecule has 1 aromatic heterocycles. The first-order valence-electron chi connectivity index (χ1n) is 9.01. The zero-order chi connectivity index (χ0) is 16.6. The van der Waals surface area contributed by atoms with Gasteiger partial charge in [0.2, 0.25) is 0 Å². The van der Waals surface area contributed by atoms with Gasteiger partial charge in [0.1, 0.15) is 5.69 Å². The first-order valence-corrected chi connectivity index (χ1v) is 9.01. The summed E-state index contributed by atoms with van der Waals surface area (Å²) < 4.78 is 0. The molecular formula is C18H30N4O. The van der Waals surface area contributed by atoms with Crippen LogP contribution in [0.2, 0.25) is 0 Å². The predicted octanol–water partition coefficient (Wildman–Crippen LogP) is 3.01. The lowest BCUT2D eigenvalue weighted by Crippen LogP contribution is -2.55. The van der Waals surface area contributed by atoms with E-state index in [2.05, 4.69) is 47.8 Å². The van der Waals surface area contributed by atoms with Crippen molar-refractivity contribution in [1.82, 2.24) is 20.0 Å². The maximum atomic E-state index is 13.0. The van der Waals surface area contributed by atoms with Crippen LogP contribution in [0, 0.1) is 0 Å². The molecular weight excluding hydrogens is 288 g/mol. The van der Waals surface area contributed by atoms with E-state index in [1.807, 2.05) is 6.07 Å². The molecule has 2 saturated heterocycles. The van der Waals surface area contributed by atoms with E-state index in [0.717, 1.165) is 31.6 Å². The molecule has 23 heavy (non-hydrogen) atoms. The lowest BCUT2D eigenvalue weighted by atomic mass is 9.85. The number of hydrogen-bond donors (Lipinski definition) is 1. The van der Waals surface area contributed by atoms with Crippen LogP contribution in [0.15, 0.2) is 6.07 Å². The maximum Gasteiger partial charge on any atom is 0.274 e. The summed E-state index contributed by atoms with van der Waals surface area (Å²) in [4.78, 5) is 17.6. The van der Waals surface area contributed by atoms with Crippen LogP contribution >= 0.6 is 0 Å². The summed E-state index contributed by atoms with van der Waals surface area (Å²) >= 11 is 0. The number of likely N-dealkylation sites (N-methyl/N-ethyl adjacent to an activating group) is 1. The lowest BCUT2D eigenvalue weighted by molar-refractivity contribution is 0.0488. The van der Waals surface area contributed by atoms with Crippen LogP contribution in [0.3, 0.4) is 0 Å². The largest absolute Gasteiger partial charge is 0.332 e. The summed E-state index contributed by atoms with van der Waals surface area (Å²) in [6.45, 7) is 8.53. The fourth-order valence-corrected chi connectivity index (χ4v) is 4.17. The molecule has 2 atom stereocenters. The Morgan fingerprint density at radius 1 is 1.35 bits per heavy atom. The van der Waals surface area contributed by atoms with Crippen LogP contribution in [0.1, 0.15) is 75.0 Å². The number of rotatable bonds is 2. The number of H-pyrrole nitrogens is 1. The van der Waals surface area contributed by atoms with Gasteiger partial charge < -0.3 is 4.90 Å². The third-order valence-electron chi connectivity index (χ3n) is 6.00. The van der Waals surface area contributed by atoms with Crippen LogP contribution in [0.5, 0.6) is 0 Å². The zero-order valence-corrected chi connectivity index (χ0v) is 14.9. The molecule has 0 spiro atoms. The second-order valence-electron chi connectivity index (χ2n) is 7.76. The third-order valence-corrected chi connectivity index (χ3v) is 6.00. The van der Waals surface area contributed by atoms with E-state index in [4.69, 9.17) is 0 Å². The van der Waals surface area contributed by atoms with E-state index in [9.17, 15) is 4.79 Å². The minimum Gasteiger partial charge on any atom is -0.332 e. The van der Waals surface area contributed by atoms with Crippen molar-refractivity contribution in [3.05, 3.63) is 17.5 Å². The van der Waals surface area contributed by atoms with Crippen molar-refractivity contribution in [2.45, 2.75) is 70.4 Å². The van der Waals surface area contributed by atoms with Gasteiger partial charge in [-0.1, -0.05) is 26.7 Å². The summed E-state index contributed by atoms with van der Waals surface area (Å²) in [7, 11) is 2.22. The Labute approximate surface area is 139 Å². The van der Waals surface area contributed by atoms with Gasteiger partial charge in [0.25, 0.3) is 5.91 Å². The minimum atomic E-state index is 0.0934. The van der Waals surface area contributed by atoms with Gasteiger partial charge >= 0.3 is 0 Å². The zero-order valence-electron chi connectivity index (χ0n) is 14.9. The average molecular weight is 318 g/mol. The van der Waals surface area contributed by atoms with Gasteiger partial charge in [-0.25, -0.2) is 0 Å². The van der Waals surface area contributed by atoms with Crippen molar-refractivity contribution in [2.24, 2.45) is 0 Å². The third kappa shape index (κ3) is 2.91. The van der Waals surface area contributed by atoms with Crippen molar-refractivity contribution in [2.75, 3.05) is 20.1 Å². The van der Waals surface area contributed by atoms with E-state index >= 15 is 0 Å². The molecule has 128 valence electrons. The van der Waals surface area contributed by atoms with Gasteiger partial charge in [-0.15, -0.1) is 0 Å². The highest BCUT2D eigenvalue weighted by molar-refractivity contribution is 5.93. The van der Waals surface area contributed by atoms with E-state index < -0.39 is 0 Å². The Hall–Kier alpha value is -1.36. The molecule has 0 aliphatic carbocycles. The predicted molar refractivity (Wildman–Crippen MR) is 91.6 cm³/mol. The van der Waals surface area contributed by atoms with Gasteiger partial charge in [0, 0.05) is 17.8 Å². The number of aromatic amines is 1. The highest BCUT2D eigenvalue weighted by atomic mass is 16.2. The van der Waals surface area contributed by atoms with Crippen LogP contribution in [0.25, 0.3) is 0 Å². The average Bonchev–Trinajstić information content (AvgIpc) is 3.11. The monoisotopic (exact) mass is 318 g/mol. The molecule has 5 nitrogen and oxygen atoms in total. The molecule has 2 aliphatic heterocycles. The molecule has 1 N–H and O–H groups in total. The summed E-state index contributed by atoms with van der Waals surface area (Å²) in [5.74, 6) is 0.455. The van der Waals surface area contributed by atoms with Crippen LogP contribution in [-0.4, -0.2) is 57.6 Å². The summed E-state index contributed by atoms with van der Waals surface area (Å²) in [5.41, 5.74) is 1.71. The molecule has 0 aromatic carbocycles. The van der Waals surface area contributed by atoms with Gasteiger partial charge in [0.05, 0.1) is 6.04 Å². The smallest absolute Gasteiger partial charge is 0.274 e. The molecule has 5 heteroatoms. The highest BCUT2D eigenvalue weighted by Crippen LogP contribution is 2.38. The SMILES string of the molecule is CC(C)c1cc(C(=O)N2CC[C@@]3(C)[C@@H]2CCCCCN3C)n[nH]1. The Morgan fingerprint density at radius 3 is 2.83 bits per heavy atom. The quantitative estimate of drug-likeness (QED) is 0.912. The van der Waals surface area contributed by atoms with Crippen molar-refractivity contribution in [1.29, 1.82) is 0 Å². The summed E-state index contributed by atoms with van der Waals surface area (Å²) in [6, 6.07) is 2.23. The number of likely N-dealkylation sites (tertiary alicyclic amines) is 2. The first-order chi connectivity index (χ1) is 10.9. The van der Waals surface area contributed by atoms with Crippen LogP contribution < -0.4 is 0 Å². The molecule has 3 rings (SSSR count). The molecule has 1 aromatic rings. The molecule has 2 aliphatic rings. The number of carbonyl (C=O) groups excluding carboxylic acids is 1. The summed E-state index contributed by atoms with van der Waals surface area (Å²) in [5, 5.41) is 7.29. The van der Waals surface area contributed by atoms with E-state index in [1.54, 1.807) is 0 Å². The molecule has 0 bridgehead atoms. The Bertz CT molecular complexity index is 567. The number of aromatic nitrogens is 2. The van der Waals surface area contributed by atoms with E-state index in [1.165, 1.54) is 19.3 Å². The number of carbonyl (C=O) groups is 1. The second kappa shape index (κ2) is 6.27. The van der Waals surface area contributed by atoms with E-state index in [0.29, 0.717) is 17.7 Å². The molecule has 0 saturated carbocycles.